The third kappa shape index (κ3) is 6.30. The summed E-state index contributed by atoms with van der Waals surface area (Å²) in [6.45, 7) is 5.52. The molecule has 3 N–H and O–H groups in total. The highest BCUT2D eigenvalue weighted by Crippen LogP contribution is 2.19. The summed E-state index contributed by atoms with van der Waals surface area (Å²) in [4.78, 5) is 32.5. The minimum absolute atomic E-state index is 0.109. The molecule has 1 aromatic heterocycles. The Balaban J connectivity index is 1.23. The van der Waals surface area contributed by atoms with Crippen LogP contribution in [0.25, 0.3) is 0 Å². The number of carbonyl (C=O) groups is 2. The lowest BCUT2D eigenvalue weighted by Gasteiger charge is -2.32. The van der Waals surface area contributed by atoms with Crippen LogP contribution in [0.3, 0.4) is 0 Å². The molecule has 8 nitrogen and oxygen atoms in total. The minimum Gasteiger partial charge on any atom is -0.390 e. The van der Waals surface area contributed by atoms with Crippen LogP contribution >= 0.6 is 0 Å². The van der Waals surface area contributed by atoms with E-state index >= 15 is 0 Å². The van der Waals surface area contributed by atoms with E-state index in [0.717, 1.165) is 45.4 Å². The number of aliphatic hydroxyl groups excluding tert-OH is 1. The van der Waals surface area contributed by atoms with Gasteiger partial charge in [0.25, 0.3) is 5.91 Å². The van der Waals surface area contributed by atoms with Gasteiger partial charge in [0.15, 0.2) is 0 Å². The maximum absolute atomic E-state index is 12.6. The number of nitrogens with zero attached hydrogens (tertiary/aromatic N) is 3. The monoisotopic (exact) mass is 451 g/mol. The highest BCUT2D eigenvalue weighted by molar-refractivity contribution is 5.94. The fourth-order valence-electron chi connectivity index (χ4n) is 4.58. The van der Waals surface area contributed by atoms with E-state index in [1.807, 2.05) is 11.0 Å². The van der Waals surface area contributed by atoms with Crippen LogP contribution in [-0.2, 0) is 17.8 Å². The maximum Gasteiger partial charge on any atom is 0.251 e. The van der Waals surface area contributed by atoms with Gasteiger partial charge in [0, 0.05) is 64.0 Å². The molecule has 4 rings (SSSR count). The van der Waals surface area contributed by atoms with Crippen molar-refractivity contribution in [2.45, 2.75) is 44.9 Å². The molecule has 0 aliphatic carbocycles. The summed E-state index contributed by atoms with van der Waals surface area (Å²) in [5, 5.41) is 16.7. The molecule has 0 spiro atoms. The Morgan fingerprint density at radius 2 is 1.91 bits per heavy atom. The summed E-state index contributed by atoms with van der Waals surface area (Å²) >= 11 is 0. The smallest absolute Gasteiger partial charge is 0.251 e. The van der Waals surface area contributed by atoms with E-state index in [9.17, 15) is 14.7 Å². The summed E-state index contributed by atoms with van der Waals surface area (Å²) in [5.74, 6) is 0.531. The zero-order valence-electron chi connectivity index (χ0n) is 19.2. The zero-order valence-corrected chi connectivity index (χ0v) is 19.2. The molecule has 1 aromatic carbocycles. The molecule has 2 amide bonds. The molecule has 0 radical (unpaired) electrons. The van der Waals surface area contributed by atoms with E-state index in [1.54, 1.807) is 25.3 Å². The first-order chi connectivity index (χ1) is 16.0. The van der Waals surface area contributed by atoms with E-state index < -0.39 is 6.10 Å². The third-order valence-electron chi connectivity index (χ3n) is 6.49. The summed E-state index contributed by atoms with van der Waals surface area (Å²) in [5.41, 5.74) is 3.19. The number of aliphatic hydroxyl groups is 1. The maximum atomic E-state index is 12.6. The summed E-state index contributed by atoms with van der Waals surface area (Å²) in [6, 6.07) is 12.0. The SMILES string of the molecule is CC(=O)N1CCC(Nc2cc(C(=O)NCC(O)CN3CCc4ccccc4C3)ccn2)CC1. The van der Waals surface area contributed by atoms with Crippen LogP contribution in [0.2, 0.25) is 0 Å². The fraction of sp³-hybridized carbons (Fsp3) is 0.480. The average molecular weight is 452 g/mol. The third-order valence-corrected chi connectivity index (χ3v) is 6.49. The van der Waals surface area contributed by atoms with Crippen molar-refractivity contribution in [1.29, 1.82) is 0 Å². The second kappa shape index (κ2) is 10.8. The van der Waals surface area contributed by atoms with Gasteiger partial charge in [-0.3, -0.25) is 14.5 Å². The van der Waals surface area contributed by atoms with Gasteiger partial charge in [-0.25, -0.2) is 4.98 Å². The first-order valence-corrected chi connectivity index (χ1v) is 11.7. The van der Waals surface area contributed by atoms with Crippen molar-refractivity contribution < 1.29 is 14.7 Å². The average Bonchev–Trinajstić information content (AvgIpc) is 2.83. The van der Waals surface area contributed by atoms with Gasteiger partial charge in [-0.2, -0.15) is 0 Å². The highest BCUT2D eigenvalue weighted by atomic mass is 16.3. The lowest BCUT2D eigenvalue weighted by atomic mass is 10.00. The second-order valence-electron chi connectivity index (χ2n) is 8.97. The quantitative estimate of drug-likeness (QED) is 0.592. The molecule has 2 aliphatic heterocycles. The molecule has 1 atom stereocenters. The first kappa shape index (κ1) is 23.2. The number of pyridine rings is 1. The van der Waals surface area contributed by atoms with Gasteiger partial charge in [0.05, 0.1) is 6.10 Å². The highest BCUT2D eigenvalue weighted by Gasteiger charge is 2.22. The molecule has 1 saturated heterocycles. The Labute approximate surface area is 195 Å². The van der Waals surface area contributed by atoms with E-state index in [0.29, 0.717) is 17.9 Å². The topological polar surface area (TPSA) is 97.8 Å². The van der Waals surface area contributed by atoms with Crippen molar-refractivity contribution in [3.8, 4) is 0 Å². The minimum atomic E-state index is -0.634. The number of benzene rings is 1. The van der Waals surface area contributed by atoms with Gasteiger partial charge < -0.3 is 20.6 Å². The number of β-amino-alcohol motifs (C(OH)–C–C–N with tert-alkyl or cyclic N) is 1. The molecule has 176 valence electrons. The van der Waals surface area contributed by atoms with Crippen molar-refractivity contribution in [3.05, 3.63) is 59.3 Å². The van der Waals surface area contributed by atoms with Crippen molar-refractivity contribution in [2.75, 3.05) is 38.0 Å². The summed E-state index contributed by atoms with van der Waals surface area (Å²) in [6.07, 6.45) is 3.67. The van der Waals surface area contributed by atoms with Crippen molar-refractivity contribution in [1.82, 2.24) is 20.1 Å². The van der Waals surface area contributed by atoms with Crippen LogP contribution in [0.1, 0.15) is 41.3 Å². The molecule has 1 fully saturated rings. The molecule has 2 aromatic rings. The summed E-state index contributed by atoms with van der Waals surface area (Å²) < 4.78 is 0. The normalized spacial score (nSPS) is 17.8. The Kier molecular flexibility index (Phi) is 7.57. The Bertz CT molecular complexity index is 974. The Hall–Kier alpha value is -2.97. The number of rotatable bonds is 7. The Morgan fingerprint density at radius 1 is 1.15 bits per heavy atom. The van der Waals surface area contributed by atoms with Crippen LogP contribution in [-0.4, -0.2) is 76.6 Å². The number of fused-ring (bicyclic) bond motifs is 1. The first-order valence-electron chi connectivity index (χ1n) is 11.7. The number of carbonyl (C=O) groups excluding carboxylic acids is 2. The number of likely N-dealkylation sites (tertiary alicyclic amines) is 1. The number of aromatic nitrogens is 1. The molecule has 0 saturated carbocycles. The van der Waals surface area contributed by atoms with Crippen LogP contribution < -0.4 is 10.6 Å². The molecule has 33 heavy (non-hydrogen) atoms. The van der Waals surface area contributed by atoms with Crippen molar-refractivity contribution in [2.24, 2.45) is 0 Å². The summed E-state index contributed by atoms with van der Waals surface area (Å²) in [7, 11) is 0. The molecular formula is C25H33N5O3. The van der Waals surface area contributed by atoms with Gasteiger partial charge in [-0.15, -0.1) is 0 Å². The molecule has 8 heteroatoms. The Morgan fingerprint density at radius 3 is 2.67 bits per heavy atom. The van der Waals surface area contributed by atoms with Crippen LogP contribution in [0.5, 0.6) is 0 Å². The molecule has 3 heterocycles. The van der Waals surface area contributed by atoms with E-state index in [2.05, 4.69) is 38.7 Å². The van der Waals surface area contributed by atoms with E-state index in [-0.39, 0.29) is 24.4 Å². The van der Waals surface area contributed by atoms with E-state index in [1.165, 1.54) is 11.1 Å². The standard InChI is InChI=1S/C25H33N5O3/c1-18(31)30-12-8-22(9-13-30)28-24-14-20(6-10-26-24)25(33)27-15-23(32)17-29-11-7-19-4-2-3-5-21(19)16-29/h2-6,10,14,22-23,32H,7-9,11-13,15-17H2,1H3,(H,26,28)(H,27,33). The van der Waals surface area contributed by atoms with Gasteiger partial charge in [-0.05, 0) is 42.5 Å². The number of anilines is 1. The molecule has 2 aliphatic rings. The van der Waals surface area contributed by atoms with Crippen LogP contribution in [0, 0.1) is 0 Å². The predicted octanol–water partition coefficient (Wildman–Crippen LogP) is 1.65. The molecular weight excluding hydrogens is 418 g/mol. The predicted molar refractivity (Wildman–Crippen MR) is 127 cm³/mol. The fourth-order valence-corrected chi connectivity index (χ4v) is 4.58. The zero-order chi connectivity index (χ0) is 23.2. The number of piperidine rings is 1. The van der Waals surface area contributed by atoms with Crippen LogP contribution in [0.15, 0.2) is 42.6 Å². The molecule has 1 unspecified atom stereocenters. The van der Waals surface area contributed by atoms with Crippen LogP contribution in [0.4, 0.5) is 5.82 Å². The van der Waals surface area contributed by atoms with Gasteiger partial charge in [-0.1, -0.05) is 24.3 Å². The van der Waals surface area contributed by atoms with Gasteiger partial charge >= 0.3 is 0 Å². The van der Waals surface area contributed by atoms with Gasteiger partial charge in [0.1, 0.15) is 5.82 Å². The van der Waals surface area contributed by atoms with Crippen molar-refractivity contribution >= 4 is 17.6 Å². The lowest BCUT2D eigenvalue weighted by Crippen LogP contribution is -2.42. The second-order valence-corrected chi connectivity index (χ2v) is 8.97. The largest absolute Gasteiger partial charge is 0.390 e. The molecule has 0 bridgehead atoms. The van der Waals surface area contributed by atoms with E-state index in [4.69, 9.17) is 0 Å². The number of amides is 2. The van der Waals surface area contributed by atoms with Crippen molar-refractivity contribution in [3.63, 3.8) is 0 Å². The number of hydrogen-bond donors (Lipinski definition) is 3. The number of nitrogens with one attached hydrogen (secondary N) is 2. The number of hydrogen-bond acceptors (Lipinski definition) is 6. The lowest BCUT2D eigenvalue weighted by molar-refractivity contribution is -0.129. The van der Waals surface area contributed by atoms with Gasteiger partial charge in [0.2, 0.25) is 5.91 Å².